The van der Waals surface area contributed by atoms with Crippen molar-refractivity contribution >= 4 is 10.1 Å². The molecule has 3 aliphatic rings. The Labute approximate surface area is 127 Å². The molecule has 0 aromatic rings. The van der Waals surface area contributed by atoms with E-state index in [4.69, 9.17) is 37.3 Å². The van der Waals surface area contributed by atoms with Gasteiger partial charge in [0.25, 0.3) is 23.1 Å². The van der Waals surface area contributed by atoms with Gasteiger partial charge in [-0.25, -0.2) is 0 Å². The molecule has 3 rings (SSSR count). The number of hydrogen-bond acceptors (Lipinski definition) is 10. The summed E-state index contributed by atoms with van der Waals surface area (Å²) >= 11 is 0. The minimum Gasteiger partial charge on any atom is -0.341 e. The molecule has 11 heteroatoms. The van der Waals surface area contributed by atoms with E-state index < -0.39 is 53.8 Å². The fourth-order valence-corrected chi connectivity index (χ4v) is 3.21. The van der Waals surface area contributed by atoms with E-state index >= 15 is 0 Å². The first-order valence-corrected chi connectivity index (χ1v) is 8.40. The summed E-state index contributed by atoms with van der Waals surface area (Å²) in [6.07, 6.45) is -2.88. The van der Waals surface area contributed by atoms with Gasteiger partial charge in [-0.05, 0) is 0 Å². The van der Waals surface area contributed by atoms with E-state index in [9.17, 15) is 8.42 Å². The topological polar surface area (TPSA) is 108 Å². The molecule has 0 aliphatic carbocycles. The van der Waals surface area contributed by atoms with Crippen LogP contribution in [-0.2, 0) is 47.5 Å². The standard InChI is InChI=1S/C11H18O10S/c1-14-10-16-4-5(17-10)6-7(21-22(3,12)13)8-9(18-6)20-11(15-2)19-8/h5-11H,4H2,1-3H3. The molecule has 0 aromatic carbocycles. The van der Waals surface area contributed by atoms with Gasteiger partial charge < -0.3 is 28.4 Å². The summed E-state index contributed by atoms with van der Waals surface area (Å²) in [6.45, 7) is -1.60. The molecule has 0 saturated carbocycles. The van der Waals surface area contributed by atoms with Gasteiger partial charge in [0.05, 0.1) is 12.9 Å². The maximum Gasteiger partial charge on any atom is 0.274 e. The lowest BCUT2D eigenvalue weighted by atomic mass is 10.1. The van der Waals surface area contributed by atoms with Crippen LogP contribution in [0.5, 0.6) is 0 Å². The second kappa shape index (κ2) is 6.26. The first-order valence-electron chi connectivity index (χ1n) is 6.58. The van der Waals surface area contributed by atoms with Crippen LogP contribution in [0.25, 0.3) is 0 Å². The van der Waals surface area contributed by atoms with Gasteiger partial charge in [0.2, 0.25) is 0 Å². The Morgan fingerprint density at radius 1 is 0.955 bits per heavy atom. The van der Waals surface area contributed by atoms with Crippen molar-refractivity contribution in [1.29, 1.82) is 0 Å². The number of hydrogen-bond donors (Lipinski definition) is 0. The normalized spacial score (nSPS) is 45.3. The molecule has 7 atom stereocenters. The molecule has 3 fully saturated rings. The summed E-state index contributed by atoms with van der Waals surface area (Å²) in [7, 11) is -0.913. The van der Waals surface area contributed by atoms with Gasteiger partial charge >= 0.3 is 0 Å². The fourth-order valence-electron chi connectivity index (χ4n) is 2.58. The lowest BCUT2D eigenvalue weighted by Gasteiger charge is -2.25. The lowest BCUT2D eigenvalue weighted by molar-refractivity contribution is -0.277. The van der Waals surface area contributed by atoms with E-state index in [2.05, 4.69) is 0 Å². The summed E-state index contributed by atoms with van der Waals surface area (Å²) < 4.78 is 65.1. The monoisotopic (exact) mass is 342 g/mol. The highest BCUT2D eigenvalue weighted by atomic mass is 32.2. The number of rotatable bonds is 5. The van der Waals surface area contributed by atoms with E-state index in [-0.39, 0.29) is 6.61 Å². The van der Waals surface area contributed by atoms with Crippen LogP contribution in [0.2, 0.25) is 0 Å². The zero-order valence-corrected chi connectivity index (χ0v) is 13.1. The quantitative estimate of drug-likeness (QED) is 0.562. The fraction of sp³-hybridized carbons (Fsp3) is 1.00. The van der Waals surface area contributed by atoms with Crippen LogP contribution in [-0.4, -0.2) is 79.2 Å². The highest BCUT2D eigenvalue weighted by molar-refractivity contribution is 7.86. The molecule has 128 valence electrons. The first kappa shape index (κ1) is 16.5. The molecule has 10 nitrogen and oxygen atoms in total. The molecule has 0 spiro atoms. The molecule has 3 heterocycles. The summed E-state index contributed by atoms with van der Waals surface area (Å²) in [5.41, 5.74) is 0. The zero-order valence-electron chi connectivity index (χ0n) is 12.2. The maximum absolute atomic E-state index is 11.5. The summed E-state index contributed by atoms with van der Waals surface area (Å²) in [4.78, 5) is 0. The largest absolute Gasteiger partial charge is 0.341 e. The predicted molar refractivity (Wildman–Crippen MR) is 66.8 cm³/mol. The van der Waals surface area contributed by atoms with Crippen molar-refractivity contribution in [3.8, 4) is 0 Å². The van der Waals surface area contributed by atoms with Crippen LogP contribution in [0.3, 0.4) is 0 Å². The Morgan fingerprint density at radius 2 is 1.68 bits per heavy atom. The van der Waals surface area contributed by atoms with Crippen LogP contribution in [0.15, 0.2) is 0 Å². The molecule has 3 aliphatic heterocycles. The second-order valence-electron chi connectivity index (χ2n) is 5.03. The molecular formula is C11H18O10S. The minimum absolute atomic E-state index is 0.167. The summed E-state index contributed by atoms with van der Waals surface area (Å²) in [5, 5.41) is 0. The SMILES string of the molecule is COC1OCC(C2OC3OC(OC)OC3C2OS(C)(=O)=O)O1. The maximum atomic E-state index is 11.5. The van der Waals surface area contributed by atoms with Crippen LogP contribution in [0, 0.1) is 0 Å². The molecule has 0 N–H and O–H groups in total. The van der Waals surface area contributed by atoms with Crippen molar-refractivity contribution in [1.82, 2.24) is 0 Å². The van der Waals surface area contributed by atoms with Gasteiger partial charge in [0, 0.05) is 14.2 Å². The van der Waals surface area contributed by atoms with Gasteiger partial charge in [0.15, 0.2) is 6.29 Å². The highest BCUT2D eigenvalue weighted by Crippen LogP contribution is 2.38. The molecule has 0 amide bonds. The van der Waals surface area contributed by atoms with Gasteiger partial charge in [-0.2, -0.15) is 8.42 Å². The average molecular weight is 342 g/mol. The Hall–Kier alpha value is -0.370. The van der Waals surface area contributed by atoms with E-state index in [1.165, 1.54) is 14.2 Å². The summed E-state index contributed by atoms with van der Waals surface area (Å²) in [5.74, 6) is 0. The third-order valence-electron chi connectivity index (χ3n) is 3.44. The van der Waals surface area contributed by atoms with Crippen LogP contribution in [0.4, 0.5) is 0 Å². The molecule has 0 bridgehead atoms. The van der Waals surface area contributed by atoms with Crippen molar-refractivity contribution in [2.45, 2.75) is 43.7 Å². The van der Waals surface area contributed by atoms with Crippen molar-refractivity contribution in [2.75, 3.05) is 27.1 Å². The first-order chi connectivity index (χ1) is 10.4. The van der Waals surface area contributed by atoms with Crippen LogP contribution in [0.1, 0.15) is 0 Å². The number of fused-ring (bicyclic) bond motifs is 1. The second-order valence-corrected chi connectivity index (χ2v) is 6.63. The lowest BCUT2D eigenvalue weighted by Crippen LogP contribution is -2.44. The third-order valence-corrected chi connectivity index (χ3v) is 4.01. The number of ether oxygens (including phenoxy) is 7. The van der Waals surface area contributed by atoms with Crippen LogP contribution >= 0.6 is 0 Å². The van der Waals surface area contributed by atoms with E-state index in [1.807, 2.05) is 0 Å². The molecule has 3 saturated heterocycles. The minimum atomic E-state index is -3.74. The Morgan fingerprint density at radius 3 is 2.27 bits per heavy atom. The highest BCUT2D eigenvalue weighted by Gasteiger charge is 2.58. The zero-order chi connectivity index (χ0) is 15.9. The van der Waals surface area contributed by atoms with Crippen molar-refractivity contribution < 1.29 is 45.8 Å². The molecule has 0 radical (unpaired) electrons. The van der Waals surface area contributed by atoms with Gasteiger partial charge in [-0.3, -0.25) is 8.92 Å². The predicted octanol–water partition coefficient (Wildman–Crippen LogP) is -1.25. The molecule has 0 aromatic heterocycles. The van der Waals surface area contributed by atoms with Crippen molar-refractivity contribution in [2.24, 2.45) is 0 Å². The van der Waals surface area contributed by atoms with Crippen molar-refractivity contribution in [3.63, 3.8) is 0 Å². The number of methoxy groups -OCH3 is 2. The van der Waals surface area contributed by atoms with Gasteiger partial charge in [0.1, 0.15) is 24.4 Å². The van der Waals surface area contributed by atoms with E-state index in [0.29, 0.717) is 0 Å². The molecular weight excluding hydrogens is 324 g/mol. The Bertz CT molecular complexity index is 495. The third kappa shape index (κ3) is 3.27. The van der Waals surface area contributed by atoms with E-state index in [0.717, 1.165) is 6.26 Å². The summed E-state index contributed by atoms with van der Waals surface area (Å²) in [6, 6.07) is 0. The van der Waals surface area contributed by atoms with Crippen molar-refractivity contribution in [3.05, 3.63) is 0 Å². The van der Waals surface area contributed by atoms with Gasteiger partial charge in [-0.15, -0.1) is 0 Å². The van der Waals surface area contributed by atoms with Gasteiger partial charge in [-0.1, -0.05) is 0 Å². The molecule has 22 heavy (non-hydrogen) atoms. The van der Waals surface area contributed by atoms with E-state index in [1.54, 1.807) is 0 Å². The average Bonchev–Trinajstić information content (AvgIpc) is 3.12. The smallest absolute Gasteiger partial charge is 0.274 e. The Kier molecular flexibility index (Phi) is 4.69. The molecule has 7 unspecified atom stereocenters. The van der Waals surface area contributed by atoms with Crippen LogP contribution < -0.4 is 0 Å². The Balaban J connectivity index is 1.75.